The van der Waals surface area contributed by atoms with E-state index < -0.39 is 11.9 Å². The van der Waals surface area contributed by atoms with E-state index in [0.717, 1.165) is 5.56 Å². The van der Waals surface area contributed by atoms with E-state index in [1.165, 1.54) is 11.0 Å². The Balaban J connectivity index is 2.05. The van der Waals surface area contributed by atoms with E-state index >= 15 is 0 Å². The maximum atomic E-state index is 12.6. The Morgan fingerprint density at radius 1 is 1.08 bits per heavy atom. The summed E-state index contributed by atoms with van der Waals surface area (Å²) in [5.74, 6) is -0.251. The first-order chi connectivity index (χ1) is 18.4. The maximum Gasteiger partial charge on any atom is 0.271 e. The minimum atomic E-state index is -0.666. The van der Waals surface area contributed by atoms with Crippen LogP contribution in [-0.2, 0) is 22.4 Å². The largest absolute Gasteiger partial charge is 0.366 e. The van der Waals surface area contributed by atoms with Crippen molar-refractivity contribution in [2.45, 2.75) is 52.6 Å². The number of nitrogens with two attached hydrogens (primary N) is 1. The third kappa shape index (κ3) is 9.68. The van der Waals surface area contributed by atoms with Crippen LogP contribution in [0, 0.1) is 0 Å². The summed E-state index contributed by atoms with van der Waals surface area (Å²) in [6, 6.07) is 7.11. The van der Waals surface area contributed by atoms with Crippen LogP contribution in [0.1, 0.15) is 49.4 Å². The van der Waals surface area contributed by atoms with Crippen LogP contribution in [0.25, 0.3) is 0 Å². The number of likely N-dealkylation sites (N-methyl/N-ethyl adjacent to an activating group) is 2. The Morgan fingerprint density at radius 2 is 1.79 bits per heavy atom. The summed E-state index contributed by atoms with van der Waals surface area (Å²) in [6.07, 6.45) is 4.41. The Morgan fingerprint density at radius 3 is 2.41 bits per heavy atom. The molecule has 5 N–H and O–H groups in total. The van der Waals surface area contributed by atoms with Crippen LogP contribution < -0.4 is 21.7 Å². The molecular weight excluding hydrogens is 496 g/mol. The van der Waals surface area contributed by atoms with Gasteiger partial charge in [0, 0.05) is 37.9 Å². The maximum absolute atomic E-state index is 12.6. The molecule has 1 aromatic heterocycles. The van der Waals surface area contributed by atoms with E-state index in [1.807, 2.05) is 64.0 Å². The fourth-order valence-electron chi connectivity index (χ4n) is 3.63. The van der Waals surface area contributed by atoms with Crippen molar-refractivity contribution < 1.29 is 14.4 Å². The zero-order valence-corrected chi connectivity index (χ0v) is 24.0. The van der Waals surface area contributed by atoms with Gasteiger partial charge in [0.05, 0.1) is 5.69 Å². The monoisotopic (exact) mass is 538 g/mol. The topological polar surface area (TPSA) is 146 Å². The number of benzene rings is 1. The summed E-state index contributed by atoms with van der Waals surface area (Å²) >= 11 is 0. The second kappa shape index (κ2) is 14.8. The molecule has 0 fully saturated rings. The Kier molecular flexibility index (Phi) is 11.9. The molecule has 0 aliphatic carbocycles. The smallest absolute Gasteiger partial charge is 0.271 e. The highest BCUT2D eigenvalue weighted by Crippen LogP contribution is 2.23. The molecule has 0 bridgehead atoms. The van der Waals surface area contributed by atoms with Crippen LogP contribution in [0.3, 0.4) is 0 Å². The molecule has 0 aliphatic rings. The molecule has 11 heteroatoms. The second-order valence-corrected chi connectivity index (χ2v) is 9.89. The molecule has 3 amide bonds. The lowest BCUT2D eigenvalue weighted by Gasteiger charge is -2.23. The van der Waals surface area contributed by atoms with Crippen molar-refractivity contribution in [3.05, 3.63) is 53.4 Å². The highest BCUT2D eigenvalue weighted by molar-refractivity contribution is 5.96. The zero-order chi connectivity index (χ0) is 29.1. The predicted molar refractivity (Wildman–Crippen MR) is 155 cm³/mol. The Labute approximate surface area is 231 Å². The van der Waals surface area contributed by atoms with Crippen molar-refractivity contribution >= 4 is 35.0 Å². The van der Waals surface area contributed by atoms with Crippen molar-refractivity contribution in [1.82, 2.24) is 25.1 Å². The predicted octanol–water partition coefficient (Wildman–Crippen LogP) is 2.33. The molecule has 11 nitrogen and oxygen atoms in total. The Bertz CT molecular complexity index is 1180. The van der Waals surface area contributed by atoms with Gasteiger partial charge in [0.2, 0.25) is 11.8 Å². The van der Waals surface area contributed by atoms with Crippen LogP contribution in [-0.4, -0.2) is 83.8 Å². The molecule has 1 aromatic carbocycles. The molecular formula is C28H42N8O3. The van der Waals surface area contributed by atoms with Gasteiger partial charge in [-0.2, -0.15) is 0 Å². The number of anilines is 3. The lowest BCUT2D eigenvalue weighted by atomic mass is 10.1. The van der Waals surface area contributed by atoms with E-state index in [2.05, 4.69) is 25.9 Å². The number of rotatable bonds is 14. The van der Waals surface area contributed by atoms with E-state index in [-0.39, 0.29) is 29.4 Å². The van der Waals surface area contributed by atoms with Gasteiger partial charge in [-0.1, -0.05) is 25.1 Å². The number of primary amides is 1. The van der Waals surface area contributed by atoms with E-state index in [1.54, 1.807) is 20.0 Å². The highest BCUT2D eigenvalue weighted by atomic mass is 16.2. The summed E-state index contributed by atoms with van der Waals surface area (Å²) in [5.41, 5.74) is 8.00. The minimum Gasteiger partial charge on any atom is -0.366 e. The summed E-state index contributed by atoms with van der Waals surface area (Å²) in [4.78, 5) is 49.5. The number of nitrogens with zero attached hydrogens (tertiary/aromatic N) is 4. The summed E-state index contributed by atoms with van der Waals surface area (Å²) in [7, 11) is 5.44. The van der Waals surface area contributed by atoms with Crippen molar-refractivity contribution in [2.24, 2.45) is 5.73 Å². The molecule has 1 atom stereocenters. The van der Waals surface area contributed by atoms with Gasteiger partial charge >= 0.3 is 0 Å². The molecule has 0 radical (unpaired) electrons. The first kappa shape index (κ1) is 31.2. The molecule has 212 valence electrons. The van der Waals surface area contributed by atoms with Crippen molar-refractivity contribution in [2.75, 3.05) is 44.9 Å². The number of nitrogens with one attached hydrogen (secondary N) is 3. The Hall–Kier alpha value is -3.99. The average molecular weight is 539 g/mol. The number of carbonyl (C=O) groups excluding carboxylic acids is 3. The van der Waals surface area contributed by atoms with Gasteiger partial charge < -0.3 is 31.5 Å². The molecule has 0 saturated heterocycles. The van der Waals surface area contributed by atoms with Gasteiger partial charge in [-0.3, -0.25) is 14.4 Å². The molecule has 1 heterocycles. The SMILES string of the molecule is CCc1nc(C(N)=O)c(Nc2cccc(CCNC(=O)[C@H](C)N(C)C(=O)/C=C/CN(C)C)c2)nc1NC(C)C. The number of hydrogen-bond donors (Lipinski definition) is 4. The van der Waals surface area contributed by atoms with Crippen molar-refractivity contribution in [1.29, 1.82) is 0 Å². The number of aromatic nitrogens is 2. The van der Waals surface area contributed by atoms with Crippen molar-refractivity contribution in [3.63, 3.8) is 0 Å². The average Bonchev–Trinajstić information content (AvgIpc) is 2.87. The summed E-state index contributed by atoms with van der Waals surface area (Å²) in [5, 5.41) is 9.34. The fourth-order valence-corrected chi connectivity index (χ4v) is 3.63. The quantitative estimate of drug-likeness (QED) is 0.268. The van der Waals surface area contributed by atoms with Gasteiger partial charge in [-0.15, -0.1) is 0 Å². The summed E-state index contributed by atoms with van der Waals surface area (Å²) < 4.78 is 0. The third-order valence-corrected chi connectivity index (χ3v) is 5.90. The number of carbonyl (C=O) groups is 3. The first-order valence-corrected chi connectivity index (χ1v) is 13.1. The van der Waals surface area contributed by atoms with E-state index in [0.29, 0.717) is 43.1 Å². The van der Waals surface area contributed by atoms with Crippen LogP contribution in [0.4, 0.5) is 17.3 Å². The molecule has 0 aliphatic heterocycles. The first-order valence-electron chi connectivity index (χ1n) is 13.1. The molecule has 0 saturated carbocycles. The standard InChI is InChI=1S/C28H42N8O3/c1-8-22-26(31-18(2)3)34-27(24(33-22)25(29)38)32-21-12-9-11-20(17-21)14-15-30-28(39)19(4)36(7)23(37)13-10-16-35(5)6/h9-13,17-19H,8,14-16H2,1-7H3,(H2,29,38)(H,30,39)(H2,31,32,34)/b13-10+/t19-/m0/s1. The van der Waals surface area contributed by atoms with Gasteiger partial charge in [-0.25, -0.2) is 9.97 Å². The molecule has 2 rings (SSSR count). The molecule has 2 aromatic rings. The van der Waals surface area contributed by atoms with Crippen LogP contribution in [0.15, 0.2) is 36.4 Å². The molecule has 0 unspecified atom stereocenters. The third-order valence-electron chi connectivity index (χ3n) is 5.90. The number of aryl methyl sites for hydroxylation is 1. The summed E-state index contributed by atoms with van der Waals surface area (Å²) in [6.45, 7) is 8.67. The zero-order valence-electron chi connectivity index (χ0n) is 24.0. The number of amides is 3. The van der Waals surface area contributed by atoms with Crippen LogP contribution in [0.2, 0.25) is 0 Å². The van der Waals surface area contributed by atoms with Crippen molar-refractivity contribution in [3.8, 4) is 0 Å². The molecule has 39 heavy (non-hydrogen) atoms. The number of hydrogen-bond acceptors (Lipinski definition) is 8. The van der Waals surface area contributed by atoms with Gasteiger partial charge in [0.15, 0.2) is 11.5 Å². The molecule has 0 spiro atoms. The van der Waals surface area contributed by atoms with Gasteiger partial charge in [0.1, 0.15) is 11.9 Å². The van der Waals surface area contributed by atoms with Gasteiger partial charge in [0.25, 0.3) is 5.91 Å². The van der Waals surface area contributed by atoms with E-state index in [9.17, 15) is 14.4 Å². The van der Waals surface area contributed by atoms with E-state index in [4.69, 9.17) is 5.73 Å². The highest BCUT2D eigenvalue weighted by Gasteiger charge is 2.21. The lowest BCUT2D eigenvalue weighted by Crippen LogP contribution is -2.45. The van der Waals surface area contributed by atoms with Crippen LogP contribution in [0.5, 0.6) is 0 Å². The van der Waals surface area contributed by atoms with Gasteiger partial charge in [-0.05, 0) is 65.4 Å². The normalized spacial score (nSPS) is 12.0. The second-order valence-electron chi connectivity index (χ2n) is 9.89. The minimum absolute atomic E-state index is 0.0723. The fraction of sp³-hybridized carbons (Fsp3) is 0.464. The lowest BCUT2D eigenvalue weighted by molar-refractivity contribution is -0.135. The van der Waals surface area contributed by atoms with Crippen LogP contribution >= 0.6 is 0 Å².